The zero-order chi connectivity index (χ0) is 63.1. The van der Waals surface area contributed by atoms with Gasteiger partial charge in [0, 0.05) is 6.07 Å². The average molecular weight is 1220 g/mol. The summed E-state index contributed by atoms with van der Waals surface area (Å²) in [6.07, 6.45) is 46.1. The molecule has 0 heterocycles. The Morgan fingerprint density at radius 2 is 0.444 bits per heavy atom. The second kappa shape index (κ2) is 41.7. The van der Waals surface area contributed by atoms with Crippen LogP contribution in [0, 0.1) is 0 Å². The van der Waals surface area contributed by atoms with Crippen LogP contribution in [0.4, 0.5) is 0 Å². The highest BCUT2D eigenvalue weighted by molar-refractivity contribution is 5.94. The van der Waals surface area contributed by atoms with Crippen molar-refractivity contribution in [3.05, 3.63) is 203 Å². The summed E-state index contributed by atoms with van der Waals surface area (Å²) >= 11 is 0. The van der Waals surface area contributed by atoms with E-state index in [-0.39, 0.29) is 34.1 Å². The van der Waals surface area contributed by atoms with Gasteiger partial charge in [-0.15, -0.1) is 0 Å². The highest BCUT2D eigenvalue weighted by Crippen LogP contribution is 2.27. The van der Waals surface area contributed by atoms with Gasteiger partial charge in [-0.2, -0.15) is 0 Å². The summed E-state index contributed by atoms with van der Waals surface area (Å²) in [6.45, 7) is 4.57. The van der Waals surface area contributed by atoms with Gasteiger partial charge in [0.05, 0.1) is 22.3 Å². The number of ether oxygens (including phenoxy) is 4. The van der Waals surface area contributed by atoms with Crippen LogP contribution in [0.2, 0.25) is 0 Å². The van der Waals surface area contributed by atoms with Gasteiger partial charge in [-0.05, 0) is 144 Å². The predicted octanol–water partition coefficient (Wildman–Crippen LogP) is 23.5. The number of carbonyl (C=O) groups excluding carboxylic acids is 4. The van der Waals surface area contributed by atoms with Crippen LogP contribution in [-0.4, -0.2) is 23.9 Å². The molecule has 0 N–H and O–H groups in total. The third kappa shape index (κ3) is 26.5. The molecular formula is C82H102O8. The van der Waals surface area contributed by atoms with E-state index < -0.39 is 23.9 Å². The van der Waals surface area contributed by atoms with E-state index in [1.54, 1.807) is 42.5 Å². The number of benzene rings is 7. The molecule has 0 amide bonds. The molecule has 0 saturated heterocycles. The van der Waals surface area contributed by atoms with Crippen LogP contribution in [0.15, 0.2) is 170 Å². The number of hydrogen-bond donors (Lipinski definition) is 0. The lowest BCUT2D eigenvalue weighted by atomic mass is 10.00. The summed E-state index contributed by atoms with van der Waals surface area (Å²) in [7, 11) is 0. The molecule has 90 heavy (non-hydrogen) atoms. The van der Waals surface area contributed by atoms with Gasteiger partial charge in [0.15, 0.2) is 0 Å². The van der Waals surface area contributed by atoms with Crippen molar-refractivity contribution in [2.45, 2.75) is 232 Å². The molecule has 0 fully saturated rings. The van der Waals surface area contributed by atoms with E-state index in [9.17, 15) is 19.2 Å². The maximum atomic E-state index is 13.2. The number of unbranched alkanes of at least 4 members (excludes halogenated alkanes) is 30. The maximum Gasteiger partial charge on any atom is 0.343 e. The lowest BCUT2D eigenvalue weighted by Gasteiger charge is -2.09. The van der Waals surface area contributed by atoms with Crippen LogP contribution >= 0.6 is 0 Å². The highest BCUT2D eigenvalue weighted by atomic mass is 16.6. The van der Waals surface area contributed by atoms with Crippen LogP contribution in [0.1, 0.15) is 272 Å². The SMILES string of the molecule is CCCCCCCCCCCCCCCCCCc1ccc(-c2ccc(C(=O)Oc3ccc(C(=O)Oc4cccc(OC(=O)c5ccc(OC(=O)c6ccc(-c7ccc(CCCCCCCCCCCCCCCCCC)cc7)cc6)cc5)c4)cc3)cc2)cc1. The summed E-state index contributed by atoms with van der Waals surface area (Å²) in [4.78, 5) is 52.5. The molecule has 0 bridgehead atoms. The quantitative estimate of drug-likeness (QED) is 0.0211. The fourth-order valence-corrected chi connectivity index (χ4v) is 11.7. The van der Waals surface area contributed by atoms with E-state index in [4.69, 9.17) is 18.9 Å². The third-order valence-electron chi connectivity index (χ3n) is 17.3. The number of hydrogen-bond acceptors (Lipinski definition) is 8. The van der Waals surface area contributed by atoms with Crippen LogP contribution in [0.3, 0.4) is 0 Å². The minimum atomic E-state index is -0.651. The molecule has 0 spiro atoms. The van der Waals surface area contributed by atoms with E-state index in [1.807, 2.05) is 24.3 Å². The predicted molar refractivity (Wildman–Crippen MR) is 369 cm³/mol. The van der Waals surface area contributed by atoms with Gasteiger partial charge >= 0.3 is 23.9 Å². The van der Waals surface area contributed by atoms with Crippen molar-refractivity contribution >= 4 is 23.9 Å². The van der Waals surface area contributed by atoms with Crippen LogP contribution in [0.25, 0.3) is 22.3 Å². The van der Waals surface area contributed by atoms with Gasteiger partial charge in [0.25, 0.3) is 0 Å². The third-order valence-corrected chi connectivity index (χ3v) is 17.3. The summed E-state index contributed by atoms with van der Waals surface area (Å²) in [6, 6.07) is 50.6. The van der Waals surface area contributed by atoms with Crippen molar-refractivity contribution in [2.24, 2.45) is 0 Å². The second-order valence-corrected chi connectivity index (χ2v) is 24.7. The molecular weight excluding hydrogens is 1110 g/mol. The Labute approximate surface area is 539 Å². The molecule has 0 unspecified atom stereocenters. The Morgan fingerprint density at radius 1 is 0.233 bits per heavy atom. The standard InChI is InChI=1S/C82H102O8/c1-3-5-7-9-11-13-15-17-19-21-23-25-27-29-31-33-36-65-40-44-67(45-41-65)69-48-52-71(53-49-69)79(83)87-75-60-56-73(57-61-75)81(85)89-77-38-35-39-78(64-77)90-82(86)74-58-62-76(63-59-74)88-80(84)72-54-50-70(51-55-72)68-46-42-66(43-47-68)37-34-32-30-28-26-24-22-20-18-16-14-12-10-8-6-4-2/h35,38-64H,3-34,36-37H2,1-2H3. The number of aryl methyl sites for hydroxylation is 2. The fourth-order valence-electron chi connectivity index (χ4n) is 11.7. The Hall–Kier alpha value is -7.58. The molecule has 7 aromatic carbocycles. The fraction of sp³-hybridized carbons (Fsp3) is 0.439. The van der Waals surface area contributed by atoms with E-state index in [0.717, 1.165) is 35.1 Å². The van der Waals surface area contributed by atoms with Crippen molar-refractivity contribution in [2.75, 3.05) is 0 Å². The van der Waals surface area contributed by atoms with Gasteiger partial charge in [-0.25, -0.2) is 19.2 Å². The molecule has 8 nitrogen and oxygen atoms in total. The summed E-state index contributed by atoms with van der Waals surface area (Å²) in [5, 5.41) is 0. The van der Waals surface area contributed by atoms with Gasteiger partial charge in [0.2, 0.25) is 0 Å². The Morgan fingerprint density at radius 3 is 0.700 bits per heavy atom. The molecule has 0 aromatic heterocycles. The van der Waals surface area contributed by atoms with Crippen LogP contribution in [-0.2, 0) is 12.8 Å². The van der Waals surface area contributed by atoms with Crippen molar-refractivity contribution in [1.29, 1.82) is 0 Å². The number of rotatable bonds is 44. The molecule has 0 radical (unpaired) electrons. The van der Waals surface area contributed by atoms with Gasteiger partial charge in [-0.3, -0.25) is 0 Å². The Balaban J connectivity index is 0.740. The molecule has 7 aromatic rings. The second-order valence-electron chi connectivity index (χ2n) is 24.7. The lowest BCUT2D eigenvalue weighted by Crippen LogP contribution is -2.11. The summed E-state index contributed by atoms with van der Waals surface area (Å²) < 4.78 is 22.5. The first kappa shape index (κ1) is 69.9. The van der Waals surface area contributed by atoms with Crippen molar-refractivity contribution in [3.63, 3.8) is 0 Å². The zero-order valence-electron chi connectivity index (χ0n) is 54.5. The van der Waals surface area contributed by atoms with Gasteiger partial charge in [0.1, 0.15) is 23.0 Å². The first-order valence-electron chi connectivity index (χ1n) is 34.8. The van der Waals surface area contributed by atoms with Crippen LogP contribution < -0.4 is 18.9 Å². The summed E-state index contributed by atoms with van der Waals surface area (Å²) in [5.41, 5.74) is 8.19. The monoisotopic (exact) mass is 1210 g/mol. The molecule has 0 atom stereocenters. The molecule has 0 aliphatic heterocycles. The number of carbonyl (C=O) groups is 4. The van der Waals surface area contributed by atoms with Gasteiger partial charge in [-0.1, -0.05) is 285 Å². The van der Waals surface area contributed by atoms with Crippen molar-refractivity contribution in [1.82, 2.24) is 0 Å². The summed E-state index contributed by atoms with van der Waals surface area (Å²) in [5.74, 6) is -1.45. The Kier molecular flexibility index (Phi) is 32.4. The highest BCUT2D eigenvalue weighted by Gasteiger charge is 2.16. The first-order chi connectivity index (χ1) is 44.2. The zero-order valence-corrected chi connectivity index (χ0v) is 54.5. The smallest absolute Gasteiger partial charge is 0.343 e. The van der Waals surface area contributed by atoms with Crippen LogP contribution in [0.5, 0.6) is 23.0 Å². The first-order valence-corrected chi connectivity index (χ1v) is 34.8. The molecule has 0 aliphatic carbocycles. The van der Waals surface area contributed by atoms with E-state index in [1.165, 1.54) is 271 Å². The number of esters is 4. The largest absolute Gasteiger partial charge is 0.423 e. The lowest BCUT2D eigenvalue weighted by molar-refractivity contribution is 0.0723. The molecule has 8 heteroatoms. The van der Waals surface area contributed by atoms with Gasteiger partial charge < -0.3 is 18.9 Å². The molecule has 0 saturated carbocycles. The van der Waals surface area contributed by atoms with Crippen molar-refractivity contribution < 1.29 is 38.1 Å². The minimum Gasteiger partial charge on any atom is -0.423 e. The topological polar surface area (TPSA) is 105 Å². The molecule has 7 rings (SSSR count). The van der Waals surface area contributed by atoms with E-state index >= 15 is 0 Å². The molecule has 478 valence electrons. The normalized spacial score (nSPS) is 11.1. The minimum absolute atomic E-state index is 0.162. The van der Waals surface area contributed by atoms with Crippen molar-refractivity contribution in [3.8, 4) is 45.3 Å². The van der Waals surface area contributed by atoms with E-state index in [0.29, 0.717) is 11.1 Å². The Bertz CT molecular complexity index is 2910. The average Bonchev–Trinajstić information content (AvgIpc) is 1.70. The molecule has 0 aliphatic rings. The van der Waals surface area contributed by atoms with E-state index in [2.05, 4.69) is 62.4 Å². The maximum absolute atomic E-state index is 13.2.